The highest BCUT2D eigenvalue weighted by Gasteiger charge is 2.19. The van der Waals surface area contributed by atoms with E-state index in [1.807, 2.05) is 74.3 Å². The van der Waals surface area contributed by atoms with Crippen molar-refractivity contribution in [2.75, 3.05) is 32.5 Å². The van der Waals surface area contributed by atoms with Gasteiger partial charge in [0.2, 0.25) is 11.8 Å². The van der Waals surface area contributed by atoms with Crippen LogP contribution in [0.5, 0.6) is 0 Å². The molecule has 2 amide bonds. The summed E-state index contributed by atoms with van der Waals surface area (Å²) < 4.78 is 0. The summed E-state index contributed by atoms with van der Waals surface area (Å²) >= 11 is 0. The maximum absolute atomic E-state index is 12.5. The molecule has 0 aliphatic carbocycles. The highest BCUT2D eigenvalue weighted by atomic mass is 16.2. The zero-order valence-corrected chi connectivity index (χ0v) is 16.8. The predicted molar refractivity (Wildman–Crippen MR) is 110 cm³/mol. The molecule has 0 aromatic heterocycles. The standard InChI is InChI=1S/C22H29N3O2/c1-16-11-12-17(2)20(13-16)23-21(26)14-25(5)22(27)15-24(4)18(3)19-9-7-6-8-10-19/h6-13,18H,14-15H2,1-5H3,(H,23,26)/t18-/m1/s1. The number of hydrogen-bond acceptors (Lipinski definition) is 3. The molecular weight excluding hydrogens is 338 g/mol. The van der Waals surface area contributed by atoms with E-state index in [1.54, 1.807) is 7.05 Å². The third-order valence-electron chi connectivity index (χ3n) is 4.80. The highest BCUT2D eigenvalue weighted by Crippen LogP contribution is 2.18. The number of hydrogen-bond donors (Lipinski definition) is 1. The molecule has 5 heteroatoms. The zero-order valence-electron chi connectivity index (χ0n) is 16.8. The minimum absolute atomic E-state index is 0.0276. The largest absolute Gasteiger partial charge is 0.335 e. The average Bonchev–Trinajstić information content (AvgIpc) is 2.64. The summed E-state index contributed by atoms with van der Waals surface area (Å²) in [6.45, 7) is 6.28. The minimum Gasteiger partial charge on any atom is -0.335 e. The fourth-order valence-electron chi connectivity index (χ4n) is 2.82. The van der Waals surface area contributed by atoms with Gasteiger partial charge in [0.05, 0.1) is 13.1 Å². The summed E-state index contributed by atoms with van der Waals surface area (Å²) in [5.41, 5.74) is 4.02. The first kappa shape index (κ1) is 20.6. The monoisotopic (exact) mass is 367 g/mol. The van der Waals surface area contributed by atoms with Crippen molar-refractivity contribution in [1.82, 2.24) is 9.80 Å². The Hall–Kier alpha value is -2.66. The van der Waals surface area contributed by atoms with Crippen molar-refractivity contribution >= 4 is 17.5 Å². The molecule has 2 rings (SSSR count). The lowest BCUT2D eigenvalue weighted by Gasteiger charge is -2.27. The Kier molecular flexibility index (Phi) is 7.13. The van der Waals surface area contributed by atoms with Gasteiger partial charge in [0.15, 0.2) is 0 Å². The minimum atomic E-state index is -0.196. The molecule has 0 saturated heterocycles. The molecule has 1 atom stereocenters. The normalized spacial score (nSPS) is 11.9. The Morgan fingerprint density at radius 2 is 1.67 bits per heavy atom. The second kappa shape index (κ2) is 9.33. The Labute approximate surface area is 162 Å². The van der Waals surface area contributed by atoms with Crippen molar-refractivity contribution in [3.05, 3.63) is 65.2 Å². The van der Waals surface area contributed by atoms with E-state index >= 15 is 0 Å². The maximum atomic E-state index is 12.5. The van der Waals surface area contributed by atoms with Crippen LogP contribution in [0.25, 0.3) is 0 Å². The SMILES string of the molecule is Cc1ccc(C)c(NC(=O)CN(C)C(=O)CN(C)[C@H](C)c2ccccc2)c1. The van der Waals surface area contributed by atoms with E-state index in [0.717, 1.165) is 22.4 Å². The molecule has 1 N–H and O–H groups in total. The molecule has 0 fully saturated rings. The van der Waals surface area contributed by atoms with Crippen molar-refractivity contribution in [2.45, 2.75) is 26.8 Å². The summed E-state index contributed by atoms with van der Waals surface area (Å²) in [5.74, 6) is -0.283. The molecule has 27 heavy (non-hydrogen) atoms. The zero-order chi connectivity index (χ0) is 20.0. The molecule has 0 spiro atoms. The van der Waals surface area contributed by atoms with Crippen LogP contribution in [0.1, 0.15) is 29.7 Å². The molecule has 0 bridgehead atoms. The van der Waals surface area contributed by atoms with Gasteiger partial charge >= 0.3 is 0 Å². The van der Waals surface area contributed by atoms with E-state index in [-0.39, 0.29) is 30.9 Å². The van der Waals surface area contributed by atoms with E-state index in [2.05, 4.69) is 12.2 Å². The molecule has 5 nitrogen and oxygen atoms in total. The third-order valence-corrected chi connectivity index (χ3v) is 4.80. The van der Waals surface area contributed by atoms with Crippen LogP contribution < -0.4 is 5.32 Å². The fourth-order valence-corrected chi connectivity index (χ4v) is 2.82. The van der Waals surface area contributed by atoms with Gasteiger partial charge in [-0.3, -0.25) is 14.5 Å². The first-order valence-corrected chi connectivity index (χ1v) is 9.14. The number of likely N-dealkylation sites (N-methyl/N-ethyl adjacent to an activating group) is 2. The van der Waals surface area contributed by atoms with Crippen molar-refractivity contribution in [1.29, 1.82) is 0 Å². The fraction of sp³-hybridized carbons (Fsp3) is 0.364. The maximum Gasteiger partial charge on any atom is 0.243 e. The predicted octanol–water partition coefficient (Wildman–Crippen LogP) is 3.39. The molecule has 0 heterocycles. The quantitative estimate of drug-likeness (QED) is 0.816. The van der Waals surface area contributed by atoms with Gasteiger partial charge in [-0.15, -0.1) is 0 Å². The van der Waals surface area contributed by atoms with Gasteiger partial charge < -0.3 is 10.2 Å². The summed E-state index contributed by atoms with van der Waals surface area (Å²) in [6, 6.07) is 16.1. The lowest BCUT2D eigenvalue weighted by atomic mass is 10.1. The van der Waals surface area contributed by atoms with Gasteiger partial charge in [-0.25, -0.2) is 0 Å². The molecule has 144 valence electrons. The number of rotatable bonds is 7. The molecule has 0 aliphatic heterocycles. The molecule has 2 aromatic carbocycles. The van der Waals surface area contributed by atoms with E-state index in [9.17, 15) is 9.59 Å². The van der Waals surface area contributed by atoms with E-state index in [4.69, 9.17) is 0 Å². The van der Waals surface area contributed by atoms with Crippen molar-refractivity contribution < 1.29 is 9.59 Å². The lowest BCUT2D eigenvalue weighted by Crippen LogP contribution is -2.41. The van der Waals surface area contributed by atoms with Crippen LogP contribution in [0.3, 0.4) is 0 Å². The average molecular weight is 367 g/mol. The van der Waals surface area contributed by atoms with Gasteiger partial charge in [-0.1, -0.05) is 42.5 Å². The van der Waals surface area contributed by atoms with Crippen LogP contribution in [0.4, 0.5) is 5.69 Å². The number of nitrogens with one attached hydrogen (secondary N) is 1. The number of benzene rings is 2. The second-order valence-corrected chi connectivity index (χ2v) is 7.12. The second-order valence-electron chi connectivity index (χ2n) is 7.12. The third kappa shape index (κ3) is 5.93. The first-order valence-electron chi connectivity index (χ1n) is 9.14. The van der Waals surface area contributed by atoms with Crippen molar-refractivity contribution in [2.24, 2.45) is 0 Å². The van der Waals surface area contributed by atoms with Crippen molar-refractivity contribution in [3.8, 4) is 0 Å². The van der Waals surface area contributed by atoms with Gasteiger partial charge in [0.1, 0.15) is 0 Å². The van der Waals surface area contributed by atoms with Gasteiger partial charge in [0, 0.05) is 18.8 Å². The number of aryl methyl sites for hydroxylation is 2. The number of carbonyl (C=O) groups excluding carboxylic acids is 2. The van der Waals surface area contributed by atoms with Crippen molar-refractivity contribution in [3.63, 3.8) is 0 Å². The van der Waals surface area contributed by atoms with Gasteiger partial charge in [-0.05, 0) is 50.6 Å². The molecule has 0 saturated carbocycles. The molecule has 0 radical (unpaired) electrons. The summed E-state index contributed by atoms with van der Waals surface area (Å²) in [6.07, 6.45) is 0. The number of anilines is 1. The van der Waals surface area contributed by atoms with Crippen LogP contribution >= 0.6 is 0 Å². The van der Waals surface area contributed by atoms with Crippen LogP contribution in [-0.2, 0) is 9.59 Å². The Bertz CT molecular complexity index is 789. The molecular formula is C22H29N3O2. The topological polar surface area (TPSA) is 52.7 Å². The lowest BCUT2D eigenvalue weighted by molar-refractivity contribution is -0.134. The summed E-state index contributed by atoms with van der Waals surface area (Å²) in [4.78, 5) is 28.3. The highest BCUT2D eigenvalue weighted by molar-refractivity contribution is 5.95. The van der Waals surface area contributed by atoms with Crippen LogP contribution in [0, 0.1) is 13.8 Å². The van der Waals surface area contributed by atoms with Crippen LogP contribution in [-0.4, -0.2) is 48.8 Å². The Balaban J connectivity index is 1.89. The number of amides is 2. The van der Waals surface area contributed by atoms with Crippen LogP contribution in [0.15, 0.2) is 48.5 Å². The van der Waals surface area contributed by atoms with Gasteiger partial charge in [0.25, 0.3) is 0 Å². The van der Waals surface area contributed by atoms with E-state index in [0.29, 0.717) is 0 Å². The Morgan fingerprint density at radius 1 is 1.00 bits per heavy atom. The Morgan fingerprint density at radius 3 is 2.33 bits per heavy atom. The number of carbonyl (C=O) groups is 2. The molecule has 0 aliphatic rings. The molecule has 2 aromatic rings. The van der Waals surface area contributed by atoms with E-state index in [1.165, 1.54) is 4.90 Å². The van der Waals surface area contributed by atoms with Gasteiger partial charge in [-0.2, -0.15) is 0 Å². The molecule has 0 unspecified atom stereocenters. The summed E-state index contributed by atoms with van der Waals surface area (Å²) in [5, 5.41) is 2.89. The van der Waals surface area contributed by atoms with E-state index < -0.39 is 0 Å². The number of nitrogens with zero attached hydrogens (tertiary/aromatic N) is 2. The van der Waals surface area contributed by atoms with Crippen LogP contribution in [0.2, 0.25) is 0 Å². The smallest absolute Gasteiger partial charge is 0.243 e. The summed E-state index contributed by atoms with van der Waals surface area (Å²) in [7, 11) is 3.58. The first-order chi connectivity index (χ1) is 12.8.